The first-order valence-corrected chi connectivity index (χ1v) is 11.0. The summed E-state index contributed by atoms with van der Waals surface area (Å²) >= 11 is 0. The van der Waals surface area contributed by atoms with Crippen molar-refractivity contribution in [2.45, 2.75) is 37.6 Å². The lowest BCUT2D eigenvalue weighted by Gasteiger charge is -2.22. The molecule has 2 aromatic rings. The van der Waals surface area contributed by atoms with Gasteiger partial charge in [0, 0.05) is 31.7 Å². The zero-order valence-corrected chi connectivity index (χ0v) is 17.4. The summed E-state index contributed by atoms with van der Waals surface area (Å²) in [6.45, 7) is 5.61. The van der Waals surface area contributed by atoms with Crippen LogP contribution in [0.15, 0.2) is 53.4 Å². The smallest absolute Gasteiger partial charge is 0.255 e. The summed E-state index contributed by atoms with van der Waals surface area (Å²) in [4.78, 5) is 15.1. The lowest BCUT2D eigenvalue weighted by molar-refractivity contribution is 0.102. The molecular formula is C21H27N3O3S. The second-order valence-corrected chi connectivity index (χ2v) is 9.30. The van der Waals surface area contributed by atoms with Gasteiger partial charge in [0.25, 0.3) is 5.91 Å². The summed E-state index contributed by atoms with van der Waals surface area (Å²) in [7, 11) is -2.01. The molecule has 28 heavy (non-hydrogen) atoms. The third-order valence-corrected chi connectivity index (χ3v) is 7.17. The molecule has 1 heterocycles. The molecule has 0 atom stereocenters. The molecule has 1 aliphatic heterocycles. The molecule has 1 fully saturated rings. The SMILES string of the molecule is CC(C)N(C)S(=O)(=O)c1ccc(C(=O)Nc2ccccc2N2CCCC2)cc1. The molecule has 1 N–H and O–H groups in total. The normalized spacial score (nSPS) is 14.7. The van der Waals surface area contributed by atoms with Gasteiger partial charge in [-0.15, -0.1) is 0 Å². The van der Waals surface area contributed by atoms with Crippen molar-refractivity contribution in [2.75, 3.05) is 30.4 Å². The highest BCUT2D eigenvalue weighted by Crippen LogP contribution is 2.29. The van der Waals surface area contributed by atoms with Gasteiger partial charge in [-0.1, -0.05) is 12.1 Å². The molecule has 7 heteroatoms. The molecule has 0 aromatic heterocycles. The van der Waals surface area contributed by atoms with Crippen molar-refractivity contribution < 1.29 is 13.2 Å². The number of nitrogens with zero attached hydrogens (tertiary/aromatic N) is 2. The van der Waals surface area contributed by atoms with E-state index in [0.717, 1.165) is 37.3 Å². The highest BCUT2D eigenvalue weighted by atomic mass is 32.2. The van der Waals surface area contributed by atoms with Crippen molar-refractivity contribution in [3.8, 4) is 0 Å². The fourth-order valence-corrected chi connectivity index (χ4v) is 4.60. The van der Waals surface area contributed by atoms with Crippen LogP contribution in [0.1, 0.15) is 37.0 Å². The molecular weight excluding hydrogens is 374 g/mol. The molecule has 0 aliphatic carbocycles. The number of sulfonamides is 1. The van der Waals surface area contributed by atoms with E-state index in [1.54, 1.807) is 19.2 Å². The number of hydrogen-bond acceptors (Lipinski definition) is 4. The zero-order chi connectivity index (χ0) is 20.3. The van der Waals surface area contributed by atoms with E-state index >= 15 is 0 Å². The van der Waals surface area contributed by atoms with E-state index in [4.69, 9.17) is 0 Å². The Hall–Kier alpha value is -2.38. The molecule has 1 aliphatic rings. The van der Waals surface area contributed by atoms with Crippen LogP contribution in [0, 0.1) is 0 Å². The number of anilines is 2. The van der Waals surface area contributed by atoms with Gasteiger partial charge in [0.2, 0.25) is 10.0 Å². The Balaban J connectivity index is 1.78. The van der Waals surface area contributed by atoms with Crippen LogP contribution in [0.2, 0.25) is 0 Å². The summed E-state index contributed by atoms with van der Waals surface area (Å²) in [6, 6.07) is 13.7. The standard InChI is InChI=1S/C21H27N3O3S/c1-16(2)23(3)28(26,27)18-12-10-17(11-13-18)21(25)22-19-8-4-5-9-20(19)24-14-6-7-15-24/h4-5,8-13,16H,6-7,14-15H2,1-3H3,(H,22,25). The fourth-order valence-electron chi connectivity index (χ4n) is 3.23. The minimum Gasteiger partial charge on any atom is -0.370 e. The number of benzene rings is 2. The number of para-hydroxylation sites is 2. The summed E-state index contributed by atoms with van der Waals surface area (Å²) < 4.78 is 26.4. The first-order chi connectivity index (χ1) is 13.3. The molecule has 3 rings (SSSR count). The molecule has 1 amide bonds. The first kappa shape index (κ1) is 20.4. The van der Waals surface area contributed by atoms with Crippen molar-refractivity contribution in [1.82, 2.24) is 4.31 Å². The number of hydrogen-bond donors (Lipinski definition) is 1. The summed E-state index contributed by atoms with van der Waals surface area (Å²) in [5.74, 6) is -0.257. The van der Waals surface area contributed by atoms with Crippen LogP contribution in [-0.2, 0) is 10.0 Å². The van der Waals surface area contributed by atoms with Gasteiger partial charge < -0.3 is 10.2 Å². The quantitative estimate of drug-likeness (QED) is 0.803. The Morgan fingerprint density at radius 1 is 1.04 bits per heavy atom. The molecule has 0 unspecified atom stereocenters. The van der Waals surface area contributed by atoms with E-state index in [2.05, 4.69) is 10.2 Å². The van der Waals surface area contributed by atoms with Crippen molar-refractivity contribution in [1.29, 1.82) is 0 Å². The Kier molecular flexibility index (Phi) is 6.05. The maximum absolute atomic E-state index is 12.7. The van der Waals surface area contributed by atoms with Crippen LogP contribution in [0.3, 0.4) is 0 Å². The fraction of sp³-hybridized carbons (Fsp3) is 0.381. The van der Waals surface area contributed by atoms with E-state index in [1.807, 2.05) is 38.1 Å². The molecule has 150 valence electrons. The maximum Gasteiger partial charge on any atom is 0.255 e. The van der Waals surface area contributed by atoms with Crippen LogP contribution < -0.4 is 10.2 Å². The highest BCUT2D eigenvalue weighted by Gasteiger charge is 2.23. The molecule has 0 saturated carbocycles. The van der Waals surface area contributed by atoms with E-state index in [0.29, 0.717) is 5.56 Å². The minimum atomic E-state index is -3.56. The highest BCUT2D eigenvalue weighted by molar-refractivity contribution is 7.89. The molecule has 2 aromatic carbocycles. The number of rotatable bonds is 6. The van der Waals surface area contributed by atoms with E-state index < -0.39 is 10.0 Å². The second kappa shape index (κ2) is 8.32. The Bertz CT molecular complexity index is 934. The van der Waals surface area contributed by atoms with Crippen LogP contribution in [0.5, 0.6) is 0 Å². The van der Waals surface area contributed by atoms with Gasteiger partial charge in [-0.25, -0.2) is 8.42 Å². The van der Waals surface area contributed by atoms with Gasteiger partial charge in [0.15, 0.2) is 0 Å². The zero-order valence-electron chi connectivity index (χ0n) is 16.6. The molecule has 0 spiro atoms. The van der Waals surface area contributed by atoms with E-state index in [1.165, 1.54) is 16.4 Å². The van der Waals surface area contributed by atoms with Gasteiger partial charge in [0.1, 0.15) is 0 Å². The number of amides is 1. The molecule has 6 nitrogen and oxygen atoms in total. The lowest BCUT2D eigenvalue weighted by atomic mass is 10.2. The van der Waals surface area contributed by atoms with Crippen molar-refractivity contribution in [2.24, 2.45) is 0 Å². The lowest BCUT2D eigenvalue weighted by Crippen LogP contribution is -2.33. The number of carbonyl (C=O) groups excluding carboxylic acids is 1. The molecule has 0 radical (unpaired) electrons. The van der Waals surface area contributed by atoms with Crippen LogP contribution in [0.25, 0.3) is 0 Å². The number of nitrogens with one attached hydrogen (secondary N) is 1. The summed E-state index contributed by atoms with van der Waals surface area (Å²) in [6.07, 6.45) is 2.31. The first-order valence-electron chi connectivity index (χ1n) is 9.54. The third kappa shape index (κ3) is 4.20. The van der Waals surface area contributed by atoms with Gasteiger partial charge in [0.05, 0.1) is 16.3 Å². The molecule has 0 bridgehead atoms. The van der Waals surface area contributed by atoms with Gasteiger partial charge in [-0.2, -0.15) is 4.31 Å². The minimum absolute atomic E-state index is 0.143. The van der Waals surface area contributed by atoms with Crippen molar-refractivity contribution >= 4 is 27.3 Å². The van der Waals surface area contributed by atoms with Gasteiger partial charge in [-0.05, 0) is 63.1 Å². The monoisotopic (exact) mass is 401 g/mol. The summed E-state index contributed by atoms with van der Waals surface area (Å²) in [5.41, 5.74) is 2.21. The summed E-state index contributed by atoms with van der Waals surface area (Å²) in [5, 5.41) is 2.96. The predicted octanol–water partition coefficient (Wildman–Crippen LogP) is 3.57. The third-order valence-electron chi connectivity index (χ3n) is 5.12. The van der Waals surface area contributed by atoms with Crippen LogP contribution in [0.4, 0.5) is 11.4 Å². The topological polar surface area (TPSA) is 69.7 Å². The molecule has 1 saturated heterocycles. The largest absolute Gasteiger partial charge is 0.370 e. The van der Waals surface area contributed by atoms with Gasteiger partial charge in [-0.3, -0.25) is 4.79 Å². The average Bonchev–Trinajstić information content (AvgIpc) is 3.22. The Morgan fingerprint density at radius 3 is 2.25 bits per heavy atom. The van der Waals surface area contributed by atoms with Gasteiger partial charge >= 0.3 is 0 Å². The van der Waals surface area contributed by atoms with Crippen molar-refractivity contribution in [3.63, 3.8) is 0 Å². The Labute approximate surface area is 167 Å². The Morgan fingerprint density at radius 2 is 1.64 bits per heavy atom. The van der Waals surface area contributed by atoms with E-state index in [-0.39, 0.29) is 16.8 Å². The van der Waals surface area contributed by atoms with Crippen LogP contribution in [-0.4, -0.2) is 44.8 Å². The van der Waals surface area contributed by atoms with Crippen molar-refractivity contribution in [3.05, 3.63) is 54.1 Å². The second-order valence-electron chi connectivity index (χ2n) is 7.30. The van der Waals surface area contributed by atoms with E-state index in [9.17, 15) is 13.2 Å². The number of carbonyl (C=O) groups is 1. The van der Waals surface area contributed by atoms with Crippen LogP contribution >= 0.6 is 0 Å². The maximum atomic E-state index is 12.7. The average molecular weight is 402 g/mol. The predicted molar refractivity (Wildman–Crippen MR) is 112 cm³/mol.